The highest BCUT2D eigenvalue weighted by Gasteiger charge is 2.02. The number of pyridine rings is 1. The Hall–Kier alpha value is -1.16. The SMILES string of the molecule is NCc1c(N)cncc1F. The highest BCUT2D eigenvalue weighted by molar-refractivity contribution is 5.44. The topological polar surface area (TPSA) is 64.9 Å². The van der Waals surface area contributed by atoms with Gasteiger partial charge in [0.25, 0.3) is 0 Å². The fraction of sp³-hybridized carbons (Fsp3) is 0.167. The molecule has 0 saturated carbocycles. The predicted molar refractivity (Wildman–Crippen MR) is 36.5 cm³/mol. The van der Waals surface area contributed by atoms with E-state index in [0.29, 0.717) is 11.3 Å². The van der Waals surface area contributed by atoms with Crippen LogP contribution in [-0.2, 0) is 6.54 Å². The lowest BCUT2D eigenvalue weighted by Gasteiger charge is -2.00. The number of rotatable bonds is 1. The van der Waals surface area contributed by atoms with Crippen LogP contribution >= 0.6 is 0 Å². The first-order valence-corrected chi connectivity index (χ1v) is 2.83. The molecule has 0 fully saturated rings. The molecule has 0 aliphatic rings. The second kappa shape index (κ2) is 2.62. The van der Waals surface area contributed by atoms with E-state index >= 15 is 0 Å². The molecule has 4 N–H and O–H groups in total. The van der Waals surface area contributed by atoms with E-state index in [4.69, 9.17) is 11.5 Å². The standard InChI is InChI=1S/C6H8FN3/c7-5-2-10-3-6(9)4(5)1-8/h2-3H,1,8-9H2. The molecule has 1 aromatic heterocycles. The molecule has 0 atom stereocenters. The van der Waals surface area contributed by atoms with E-state index in [0.717, 1.165) is 6.20 Å². The second-order valence-corrected chi connectivity index (χ2v) is 1.89. The van der Waals surface area contributed by atoms with Gasteiger partial charge >= 0.3 is 0 Å². The van der Waals surface area contributed by atoms with E-state index in [9.17, 15) is 4.39 Å². The molecule has 0 bridgehead atoms. The minimum Gasteiger partial charge on any atom is -0.397 e. The summed E-state index contributed by atoms with van der Waals surface area (Å²) in [5, 5.41) is 0. The Morgan fingerprint density at radius 3 is 2.60 bits per heavy atom. The van der Waals surface area contributed by atoms with Gasteiger partial charge in [-0.1, -0.05) is 0 Å². The number of anilines is 1. The number of halogens is 1. The first-order chi connectivity index (χ1) is 4.75. The summed E-state index contributed by atoms with van der Waals surface area (Å²) in [6, 6.07) is 0. The molecule has 0 aliphatic carbocycles. The molecule has 0 unspecified atom stereocenters. The molecule has 0 amide bonds. The molecule has 0 radical (unpaired) electrons. The van der Waals surface area contributed by atoms with E-state index in [1.54, 1.807) is 0 Å². The van der Waals surface area contributed by atoms with Gasteiger partial charge in [0.15, 0.2) is 0 Å². The van der Waals surface area contributed by atoms with E-state index in [1.165, 1.54) is 6.20 Å². The Morgan fingerprint density at radius 1 is 1.50 bits per heavy atom. The highest BCUT2D eigenvalue weighted by Crippen LogP contribution is 2.11. The largest absolute Gasteiger partial charge is 0.397 e. The van der Waals surface area contributed by atoms with Crippen molar-refractivity contribution in [2.75, 3.05) is 5.73 Å². The van der Waals surface area contributed by atoms with Gasteiger partial charge in [0.2, 0.25) is 0 Å². The van der Waals surface area contributed by atoms with Gasteiger partial charge in [-0.3, -0.25) is 4.98 Å². The summed E-state index contributed by atoms with van der Waals surface area (Å²) < 4.78 is 12.6. The summed E-state index contributed by atoms with van der Waals surface area (Å²) in [6.07, 6.45) is 2.48. The van der Waals surface area contributed by atoms with Gasteiger partial charge in [0.1, 0.15) is 5.82 Å². The van der Waals surface area contributed by atoms with Gasteiger partial charge in [0, 0.05) is 12.1 Å². The summed E-state index contributed by atoms with van der Waals surface area (Å²) in [4.78, 5) is 3.54. The van der Waals surface area contributed by atoms with Crippen LogP contribution < -0.4 is 11.5 Å². The average Bonchev–Trinajstić information content (AvgIpc) is 1.88. The molecule has 3 nitrogen and oxygen atoms in total. The summed E-state index contributed by atoms with van der Waals surface area (Å²) in [7, 11) is 0. The van der Waals surface area contributed by atoms with Crippen LogP contribution in [0.3, 0.4) is 0 Å². The molecule has 0 aromatic carbocycles. The maximum Gasteiger partial charge on any atom is 0.148 e. The quantitative estimate of drug-likeness (QED) is 0.589. The van der Waals surface area contributed by atoms with Crippen molar-refractivity contribution in [3.05, 3.63) is 23.8 Å². The third-order valence-corrected chi connectivity index (χ3v) is 1.24. The van der Waals surface area contributed by atoms with Crippen molar-refractivity contribution >= 4 is 5.69 Å². The molecule has 54 valence electrons. The third kappa shape index (κ3) is 1.06. The fourth-order valence-corrected chi connectivity index (χ4v) is 0.692. The van der Waals surface area contributed by atoms with E-state index in [2.05, 4.69) is 4.98 Å². The Balaban J connectivity index is 3.17. The summed E-state index contributed by atoms with van der Waals surface area (Å²) in [5.41, 5.74) is 11.2. The van der Waals surface area contributed by atoms with Crippen LogP contribution in [0.15, 0.2) is 12.4 Å². The number of nitrogens with zero attached hydrogens (tertiary/aromatic N) is 1. The summed E-state index contributed by atoms with van der Waals surface area (Å²) >= 11 is 0. The molecule has 4 heteroatoms. The van der Waals surface area contributed by atoms with Crippen LogP contribution in [0.4, 0.5) is 10.1 Å². The predicted octanol–water partition coefficient (Wildman–Crippen LogP) is 0.262. The number of nitrogens with two attached hydrogens (primary N) is 2. The maximum absolute atomic E-state index is 12.6. The molecule has 1 heterocycles. The third-order valence-electron chi connectivity index (χ3n) is 1.24. The Kier molecular flexibility index (Phi) is 1.82. The minimum absolute atomic E-state index is 0.111. The number of aromatic nitrogens is 1. The van der Waals surface area contributed by atoms with E-state index in [-0.39, 0.29) is 6.54 Å². The highest BCUT2D eigenvalue weighted by atomic mass is 19.1. The number of hydrogen-bond acceptors (Lipinski definition) is 3. The van der Waals surface area contributed by atoms with Crippen molar-refractivity contribution < 1.29 is 4.39 Å². The van der Waals surface area contributed by atoms with Crippen molar-refractivity contribution in [2.45, 2.75) is 6.54 Å². The minimum atomic E-state index is -0.442. The molecular formula is C6H8FN3. The first-order valence-electron chi connectivity index (χ1n) is 2.83. The lowest BCUT2D eigenvalue weighted by atomic mass is 10.2. The fourth-order valence-electron chi connectivity index (χ4n) is 0.692. The molecule has 1 aromatic rings. The molecular weight excluding hydrogens is 133 g/mol. The van der Waals surface area contributed by atoms with Crippen molar-refractivity contribution in [2.24, 2.45) is 5.73 Å². The normalized spacial score (nSPS) is 9.80. The van der Waals surface area contributed by atoms with Gasteiger partial charge in [-0.25, -0.2) is 4.39 Å². The molecule has 0 saturated heterocycles. The number of nitrogen functional groups attached to an aromatic ring is 1. The smallest absolute Gasteiger partial charge is 0.148 e. The Bertz CT molecular complexity index is 216. The lowest BCUT2D eigenvalue weighted by Crippen LogP contribution is -2.04. The monoisotopic (exact) mass is 141 g/mol. The first kappa shape index (κ1) is 6.95. The average molecular weight is 141 g/mol. The second-order valence-electron chi connectivity index (χ2n) is 1.89. The van der Waals surface area contributed by atoms with Gasteiger partial charge in [-0.2, -0.15) is 0 Å². The molecule has 0 spiro atoms. The van der Waals surface area contributed by atoms with Crippen LogP contribution in [0, 0.1) is 5.82 Å². The van der Waals surface area contributed by atoms with Crippen LogP contribution in [0.5, 0.6) is 0 Å². The van der Waals surface area contributed by atoms with Crippen LogP contribution in [0.1, 0.15) is 5.56 Å². The molecule has 0 aliphatic heterocycles. The lowest BCUT2D eigenvalue weighted by molar-refractivity contribution is 0.605. The molecule has 10 heavy (non-hydrogen) atoms. The maximum atomic E-state index is 12.6. The molecule has 1 rings (SSSR count). The summed E-state index contributed by atoms with van der Waals surface area (Å²) in [5.74, 6) is -0.442. The zero-order valence-corrected chi connectivity index (χ0v) is 5.34. The van der Waals surface area contributed by atoms with Gasteiger partial charge in [-0.15, -0.1) is 0 Å². The Morgan fingerprint density at radius 2 is 2.20 bits per heavy atom. The van der Waals surface area contributed by atoms with E-state index in [1.807, 2.05) is 0 Å². The van der Waals surface area contributed by atoms with Crippen molar-refractivity contribution in [3.8, 4) is 0 Å². The zero-order chi connectivity index (χ0) is 7.56. The van der Waals surface area contributed by atoms with Gasteiger partial charge in [0.05, 0.1) is 18.1 Å². The van der Waals surface area contributed by atoms with Crippen molar-refractivity contribution in [1.82, 2.24) is 4.98 Å². The van der Waals surface area contributed by atoms with Crippen LogP contribution in [0.2, 0.25) is 0 Å². The van der Waals surface area contributed by atoms with Crippen LogP contribution in [-0.4, -0.2) is 4.98 Å². The summed E-state index contributed by atoms with van der Waals surface area (Å²) in [6.45, 7) is 0.111. The van der Waals surface area contributed by atoms with Gasteiger partial charge < -0.3 is 11.5 Å². The van der Waals surface area contributed by atoms with Crippen molar-refractivity contribution in [3.63, 3.8) is 0 Å². The van der Waals surface area contributed by atoms with Crippen LogP contribution in [0.25, 0.3) is 0 Å². The Labute approximate surface area is 57.9 Å². The number of hydrogen-bond donors (Lipinski definition) is 2. The van der Waals surface area contributed by atoms with Gasteiger partial charge in [-0.05, 0) is 0 Å². The van der Waals surface area contributed by atoms with Crippen molar-refractivity contribution in [1.29, 1.82) is 0 Å². The van der Waals surface area contributed by atoms with E-state index < -0.39 is 5.82 Å². The zero-order valence-electron chi connectivity index (χ0n) is 5.34.